The monoisotopic (exact) mass is 368 g/mol. The van der Waals surface area contributed by atoms with E-state index in [0.717, 1.165) is 4.47 Å². The molecular weight excluding hydrogens is 356 g/mol. The maximum atomic E-state index is 12.2. The van der Waals surface area contributed by atoms with Gasteiger partial charge in [0.2, 0.25) is 5.91 Å². The number of nitro groups is 1. The molecule has 1 atom stereocenters. The first-order valence-corrected chi connectivity index (χ1v) is 7.04. The lowest BCUT2D eigenvalue weighted by Crippen LogP contribution is -2.24. The fourth-order valence-electron chi connectivity index (χ4n) is 1.78. The second-order valence-electron chi connectivity index (χ2n) is 4.45. The summed E-state index contributed by atoms with van der Waals surface area (Å²) in [5.74, 6) is -0.0980. The van der Waals surface area contributed by atoms with Gasteiger partial charge in [-0.2, -0.15) is 5.10 Å². The number of non-ortho nitro benzene ring substituents is 1. The van der Waals surface area contributed by atoms with Crippen LogP contribution in [0.4, 0.5) is 11.4 Å². The molecule has 2 aromatic rings. The molecular formula is C13H13BrN4O4. The third kappa shape index (κ3) is 3.42. The van der Waals surface area contributed by atoms with E-state index in [0.29, 0.717) is 5.69 Å². The first kappa shape index (κ1) is 16.0. The lowest BCUT2D eigenvalue weighted by atomic mass is 10.2. The summed E-state index contributed by atoms with van der Waals surface area (Å²) >= 11 is 3.26. The fourth-order valence-corrected chi connectivity index (χ4v) is 2.08. The number of halogens is 1. The van der Waals surface area contributed by atoms with Crippen molar-refractivity contribution >= 4 is 33.2 Å². The molecule has 8 nitrogen and oxygen atoms in total. The largest absolute Gasteiger partial charge is 0.494 e. The van der Waals surface area contributed by atoms with Crippen molar-refractivity contribution in [1.82, 2.24) is 9.78 Å². The molecule has 0 spiro atoms. The van der Waals surface area contributed by atoms with Gasteiger partial charge in [0.15, 0.2) is 0 Å². The molecule has 1 N–H and O–H groups in total. The van der Waals surface area contributed by atoms with Gasteiger partial charge in [-0.15, -0.1) is 0 Å². The summed E-state index contributed by atoms with van der Waals surface area (Å²) < 4.78 is 7.34. The number of hydrogen-bond donors (Lipinski definition) is 1. The van der Waals surface area contributed by atoms with Gasteiger partial charge < -0.3 is 10.1 Å². The van der Waals surface area contributed by atoms with Gasteiger partial charge in [0, 0.05) is 12.3 Å². The van der Waals surface area contributed by atoms with E-state index in [9.17, 15) is 14.9 Å². The molecule has 2 rings (SSSR count). The minimum Gasteiger partial charge on any atom is -0.494 e. The van der Waals surface area contributed by atoms with E-state index in [2.05, 4.69) is 26.3 Å². The van der Waals surface area contributed by atoms with Crippen LogP contribution in [0.1, 0.15) is 13.0 Å². The number of rotatable bonds is 5. The van der Waals surface area contributed by atoms with Gasteiger partial charge in [-0.3, -0.25) is 19.6 Å². The van der Waals surface area contributed by atoms with Gasteiger partial charge in [0.25, 0.3) is 5.69 Å². The topological polar surface area (TPSA) is 99.3 Å². The molecule has 0 saturated carbocycles. The van der Waals surface area contributed by atoms with Crippen LogP contribution in [-0.2, 0) is 4.79 Å². The van der Waals surface area contributed by atoms with Crippen LogP contribution in [0.2, 0.25) is 0 Å². The molecule has 0 radical (unpaired) electrons. The molecule has 0 aliphatic rings. The van der Waals surface area contributed by atoms with Crippen LogP contribution >= 0.6 is 15.9 Å². The van der Waals surface area contributed by atoms with Crippen LogP contribution in [0.5, 0.6) is 5.75 Å². The molecule has 0 aliphatic carbocycles. The Kier molecular flexibility index (Phi) is 4.76. The highest BCUT2D eigenvalue weighted by atomic mass is 79.9. The maximum absolute atomic E-state index is 12.2. The Labute approximate surface area is 134 Å². The normalized spacial score (nSPS) is 11.8. The van der Waals surface area contributed by atoms with E-state index < -0.39 is 11.0 Å². The van der Waals surface area contributed by atoms with Crippen molar-refractivity contribution in [1.29, 1.82) is 0 Å². The van der Waals surface area contributed by atoms with E-state index in [4.69, 9.17) is 4.74 Å². The Bertz CT molecular complexity index is 716. The summed E-state index contributed by atoms with van der Waals surface area (Å²) in [7, 11) is 1.38. The number of nitrogens with one attached hydrogen (secondary N) is 1. The number of aromatic nitrogens is 2. The highest BCUT2D eigenvalue weighted by Gasteiger charge is 2.19. The Morgan fingerprint density at radius 3 is 2.82 bits per heavy atom. The van der Waals surface area contributed by atoms with Gasteiger partial charge in [-0.25, -0.2) is 0 Å². The molecule has 116 valence electrons. The number of ether oxygens (including phenoxy) is 1. The molecule has 1 aromatic heterocycles. The number of benzene rings is 1. The molecule has 1 heterocycles. The first-order chi connectivity index (χ1) is 10.4. The van der Waals surface area contributed by atoms with Crippen molar-refractivity contribution in [2.45, 2.75) is 13.0 Å². The molecule has 1 aromatic carbocycles. The van der Waals surface area contributed by atoms with Crippen LogP contribution in [0.15, 0.2) is 35.1 Å². The van der Waals surface area contributed by atoms with E-state index in [-0.39, 0.29) is 17.3 Å². The molecule has 0 saturated heterocycles. The number of carbonyl (C=O) groups is 1. The number of nitrogens with zero attached hydrogens (tertiary/aromatic N) is 3. The van der Waals surface area contributed by atoms with Crippen molar-refractivity contribution in [3.63, 3.8) is 0 Å². The Balaban J connectivity index is 2.19. The third-order valence-electron chi connectivity index (χ3n) is 3.00. The predicted octanol–water partition coefficient (Wildman–Crippen LogP) is 2.76. The lowest BCUT2D eigenvalue weighted by Gasteiger charge is -2.14. The number of nitro benzene ring substituents is 1. The van der Waals surface area contributed by atoms with E-state index >= 15 is 0 Å². The lowest BCUT2D eigenvalue weighted by molar-refractivity contribution is -0.384. The Hall–Kier alpha value is -2.42. The van der Waals surface area contributed by atoms with Crippen LogP contribution in [0.3, 0.4) is 0 Å². The zero-order chi connectivity index (χ0) is 16.3. The van der Waals surface area contributed by atoms with Gasteiger partial charge >= 0.3 is 0 Å². The number of amides is 1. The summed E-state index contributed by atoms with van der Waals surface area (Å²) in [6, 6.07) is 3.43. The summed E-state index contributed by atoms with van der Waals surface area (Å²) in [4.78, 5) is 22.4. The van der Waals surface area contributed by atoms with Crippen LogP contribution in [0, 0.1) is 10.1 Å². The molecule has 1 unspecified atom stereocenters. The fraction of sp³-hybridized carbons (Fsp3) is 0.231. The van der Waals surface area contributed by atoms with Crippen molar-refractivity contribution in [3.05, 3.63) is 45.2 Å². The van der Waals surface area contributed by atoms with E-state index in [1.54, 1.807) is 19.3 Å². The Morgan fingerprint density at radius 1 is 1.55 bits per heavy atom. The van der Waals surface area contributed by atoms with E-state index in [1.807, 2.05) is 0 Å². The second-order valence-corrected chi connectivity index (χ2v) is 5.36. The molecule has 22 heavy (non-hydrogen) atoms. The molecule has 0 bridgehead atoms. The Morgan fingerprint density at radius 2 is 2.27 bits per heavy atom. The zero-order valence-corrected chi connectivity index (χ0v) is 13.4. The number of hydrogen-bond acceptors (Lipinski definition) is 5. The van der Waals surface area contributed by atoms with Crippen molar-refractivity contribution in [2.75, 3.05) is 12.4 Å². The smallest absolute Gasteiger partial charge is 0.273 e. The standard InChI is InChI=1S/C13H13BrN4O4/c1-8(17-7-9(14)6-15-17)13(19)16-11-4-3-10(18(20)21)5-12(11)22-2/h3-8H,1-2H3,(H,16,19). The highest BCUT2D eigenvalue weighted by Crippen LogP contribution is 2.29. The minimum absolute atomic E-state index is 0.112. The number of anilines is 1. The molecule has 0 fully saturated rings. The highest BCUT2D eigenvalue weighted by molar-refractivity contribution is 9.10. The van der Waals surface area contributed by atoms with Gasteiger partial charge in [0.05, 0.1) is 34.5 Å². The quantitative estimate of drug-likeness (QED) is 0.645. The second kappa shape index (κ2) is 6.56. The van der Waals surface area contributed by atoms with Crippen LogP contribution in [0.25, 0.3) is 0 Å². The van der Waals surface area contributed by atoms with Gasteiger partial charge in [-0.1, -0.05) is 0 Å². The van der Waals surface area contributed by atoms with E-state index in [1.165, 1.54) is 30.0 Å². The number of carbonyl (C=O) groups excluding carboxylic acids is 1. The maximum Gasteiger partial charge on any atom is 0.273 e. The van der Waals surface area contributed by atoms with Crippen molar-refractivity contribution in [3.8, 4) is 5.75 Å². The molecule has 1 amide bonds. The van der Waals surface area contributed by atoms with Crippen LogP contribution < -0.4 is 10.1 Å². The summed E-state index contributed by atoms with van der Waals surface area (Å²) in [6.45, 7) is 1.69. The average molecular weight is 369 g/mol. The molecule has 9 heteroatoms. The average Bonchev–Trinajstić information content (AvgIpc) is 2.93. The minimum atomic E-state index is -0.550. The summed E-state index contributed by atoms with van der Waals surface area (Å²) in [5, 5.41) is 17.5. The predicted molar refractivity (Wildman–Crippen MR) is 82.9 cm³/mol. The van der Waals surface area contributed by atoms with Gasteiger partial charge in [-0.05, 0) is 28.9 Å². The van der Waals surface area contributed by atoms with Gasteiger partial charge in [0.1, 0.15) is 11.8 Å². The SMILES string of the molecule is COc1cc([N+](=O)[O-])ccc1NC(=O)C(C)n1cc(Br)cn1. The first-order valence-electron chi connectivity index (χ1n) is 6.25. The number of methoxy groups -OCH3 is 1. The van der Waals surface area contributed by atoms with Crippen molar-refractivity contribution in [2.24, 2.45) is 0 Å². The van der Waals surface area contributed by atoms with Crippen molar-refractivity contribution < 1.29 is 14.5 Å². The third-order valence-corrected chi connectivity index (χ3v) is 3.41. The zero-order valence-electron chi connectivity index (χ0n) is 11.8. The summed E-state index contributed by atoms with van der Waals surface area (Å²) in [6.07, 6.45) is 3.26. The molecule has 0 aliphatic heterocycles. The summed E-state index contributed by atoms with van der Waals surface area (Å²) in [5.41, 5.74) is 0.245. The van der Waals surface area contributed by atoms with Crippen LogP contribution in [-0.4, -0.2) is 27.7 Å².